The molecule has 5 atom stereocenters. The first kappa shape index (κ1) is 29.2. The van der Waals surface area contributed by atoms with E-state index in [1.54, 1.807) is 27.5 Å². The molecule has 2 bridgehead atoms. The molecule has 5 rings (SSSR count). The first-order valence-electron chi connectivity index (χ1n) is 14.8. The van der Waals surface area contributed by atoms with E-state index >= 15 is 0 Å². The second-order valence-electron chi connectivity index (χ2n) is 11.3. The zero-order valence-corrected chi connectivity index (χ0v) is 24.0. The molecule has 11 heteroatoms. The van der Waals surface area contributed by atoms with Crippen molar-refractivity contribution in [2.24, 2.45) is 11.8 Å². The summed E-state index contributed by atoms with van der Waals surface area (Å²) >= 11 is 0. The van der Waals surface area contributed by atoms with Gasteiger partial charge in [0.2, 0.25) is 11.8 Å². The highest BCUT2D eigenvalue weighted by atomic mass is 16.6. The van der Waals surface area contributed by atoms with Gasteiger partial charge in [0.1, 0.15) is 29.7 Å². The summed E-state index contributed by atoms with van der Waals surface area (Å²) in [7, 11) is 0. The number of aliphatic hydroxyl groups is 1. The van der Waals surface area contributed by atoms with Crippen LogP contribution in [0.25, 0.3) is 11.0 Å². The van der Waals surface area contributed by atoms with Gasteiger partial charge in [-0.05, 0) is 51.2 Å². The van der Waals surface area contributed by atoms with Crippen molar-refractivity contribution in [3.8, 4) is 0 Å². The van der Waals surface area contributed by atoms with Gasteiger partial charge in [0.05, 0.1) is 23.6 Å². The van der Waals surface area contributed by atoms with Crippen LogP contribution in [0, 0.1) is 11.8 Å². The van der Waals surface area contributed by atoms with Crippen molar-refractivity contribution < 1.29 is 29.0 Å². The smallest absolute Gasteiger partial charge is 0.312 e. The third-order valence-electron chi connectivity index (χ3n) is 9.15. The molecule has 0 saturated carbocycles. The molecule has 3 aliphatic rings. The van der Waals surface area contributed by atoms with Gasteiger partial charge in [-0.15, -0.1) is 11.7 Å². The number of carbonyl (C=O) groups is 3. The van der Waals surface area contributed by atoms with Crippen LogP contribution in [0.15, 0.2) is 36.9 Å². The monoisotopic (exact) mass is 567 g/mol. The Kier molecular flexibility index (Phi) is 8.47. The van der Waals surface area contributed by atoms with Gasteiger partial charge in [-0.2, -0.15) is 0 Å². The van der Waals surface area contributed by atoms with E-state index in [9.17, 15) is 19.5 Å². The maximum atomic E-state index is 14.6. The first-order chi connectivity index (χ1) is 19.9. The second-order valence-corrected chi connectivity index (χ2v) is 11.3. The fourth-order valence-corrected chi connectivity index (χ4v) is 7.31. The molecule has 4 heterocycles. The number of aliphatic hydroxyl groups excluding tert-OH is 1. The predicted octanol–water partition coefficient (Wildman–Crippen LogP) is 2.67. The molecule has 2 unspecified atom stereocenters. The van der Waals surface area contributed by atoms with E-state index in [1.807, 2.05) is 31.2 Å². The number of unbranched alkanes of at least 4 members (excludes halogenated alkanes) is 3. The number of ether oxygens (including phenoxy) is 2. The molecule has 11 nitrogen and oxygen atoms in total. The standard InChI is InChI=1S/C30H41N5O6/c1-4-17-33(20-35-22-14-10-9-13-21(22)31-32-35)27(38)25-30-16-15-29(5-2,41-30)24(28(39)40-6-3)23(30)26(37)34(25)18-11-7-8-12-19-36/h4,9-10,13-14,23-25,36H,1,5-8,11-12,15-20H2,2-3H3/t23-,24+,25?,29-,30?/m0/s1. The Morgan fingerprint density at radius 2 is 2.00 bits per heavy atom. The number of likely N-dealkylation sites (tertiary alicyclic amines) is 1. The maximum Gasteiger partial charge on any atom is 0.312 e. The molecule has 2 amide bonds. The Morgan fingerprint density at radius 3 is 2.73 bits per heavy atom. The van der Waals surface area contributed by atoms with Crippen LogP contribution in [0.5, 0.6) is 0 Å². The average Bonchev–Trinajstić information content (AvgIpc) is 3.70. The minimum absolute atomic E-state index is 0.122. The van der Waals surface area contributed by atoms with Crippen molar-refractivity contribution in [1.29, 1.82) is 0 Å². The lowest BCUT2D eigenvalue weighted by atomic mass is 9.65. The molecule has 2 aromatic rings. The van der Waals surface area contributed by atoms with E-state index in [1.165, 1.54) is 0 Å². The summed E-state index contributed by atoms with van der Waals surface area (Å²) in [6, 6.07) is 6.65. The number of para-hydroxylation sites is 1. The number of hydrogen-bond acceptors (Lipinski definition) is 8. The predicted molar refractivity (Wildman–Crippen MR) is 150 cm³/mol. The van der Waals surface area contributed by atoms with Crippen molar-refractivity contribution in [1.82, 2.24) is 24.8 Å². The van der Waals surface area contributed by atoms with Crippen molar-refractivity contribution in [3.63, 3.8) is 0 Å². The molecule has 0 aliphatic carbocycles. The fourth-order valence-electron chi connectivity index (χ4n) is 7.31. The molecular weight excluding hydrogens is 526 g/mol. The molecular formula is C30H41N5O6. The molecule has 1 spiro atoms. The number of benzene rings is 1. The number of hydrogen-bond donors (Lipinski definition) is 1. The second kappa shape index (κ2) is 11.9. The van der Waals surface area contributed by atoms with Crippen LogP contribution in [0.3, 0.4) is 0 Å². The highest BCUT2D eigenvalue weighted by Crippen LogP contribution is 2.64. The molecule has 1 aromatic carbocycles. The Hall–Kier alpha value is -3.31. The largest absolute Gasteiger partial charge is 0.466 e. The van der Waals surface area contributed by atoms with Gasteiger partial charge in [0.15, 0.2) is 0 Å². The molecule has 3 fully saturated rings. The number of carbonyl (C=O) groups excluding carboxylic acids is 3. The summed E-state index contributed by atoms with van der Waals surface area (Å²) in [6.45, 7) is 8.65. The van der Waals surface area contributed by atoms with Gasteiger partial charge in [0.25, 0.3) is 0 Å². The topological polar surface area (TPSA) is 127 Å². The Morgan fingerprint density at radius 1 is 1.22 bits per heavy atom. The fraction of sp³-hybridized carbons (Fsp3) is 0.633. The minimum Gasteiger partial charge on any atom is -0.466 e. The van der Waals surface area contributed by atoms with E-state index in [2.05, 4.69) is 16.9 Å². The molecule has 3 aliphatic heterocycles. The van der Waals surface area contributed by atoms with E-state index in [0.29, 0.717) is 38.6 Å². The van der Waals surface area contributed by atoms with Crippen LogP contribution in [-0.2, 0) is 30.5 Å². The lowest BCUT2D eigenvalue weighted by Crippen LogP contribution is -2.56. The molecule has 1 aromatic heterocycles. The van der Waals surface area contributed by atoms with Crippen LogP contribution in [0.1, 0.15) is 58.8 Å². The van der Waals surface area contributed by atoms with Gasteiger partial charge < -0.3 is 24.4 Å². The van der Waals surface area contributed by atoms with Gasteiger partial charge in [-0.1, -0.05) is 43.2 Å². The highest BCUT2D eigenvalue weighted by Gasteiger charge is 2.79. The third kappa shape index (κ3) is 4.82. The van der Waals surface area contributed by atoms with Crippen LogP contribution >= 0.6 is 0 Å². The average molecular weight is 568 g/mol. The highest BCUT2D eigenvalue weighted by molar-refractivity contribution is 5.98. The summed E-state index contributed by atoms with van der Waals surface area (Å²) in [5, 5.41) is 17.7. The number of aromatic nitrogens is 3. The Bertz CT molecular complexity index is 1300. The van der Waals surface area contributed by atoms with E-state index in [0.717, 1.165) is 23.9 Å². The normalized spacial score (nSPS) is 28.3. The van der Waals surface area contributed by atoms with Gasteiger partial charge in [0, 0.05) is 19.7 Å². The number of esters is 1. The number of amides is 2. The SMILES string of the molecule is C=CCN(Cn1nnc2ccccc21)C(=O)C1N(CCCCCCO)C(=O)[C@@H]2[C@H](C(=O)OCC)[C@]3(CC)CCC12O3. The first-order valence-corrected chi connectivity index (χ1v) is 14.8. The van der Waals surface area contributed by atoms with Crippen molar-refractivity contribution in [2.75, 3.05) is 26.3 Å². The minimum atomic E-state index is -1.11. The van der Waals surface area contributed by atoms with Crippen LogP contribution in [0.2, 0.25) is 0 Å². The van der Waals surface area contributed by atoms with Crippen LogP contribution < -0.4 is 0 Å². The quantitative estimate of drug-likeness (QED) is 0.210. The lowest BCUT2D eigenvalue weighted by Gasteiger charge is -2.36. The summed E-state index contributed by atoms with van der Waals surface area (Å²) in [5.41, 5.74) is -0.433. The number of rotatable bonds is 14. The summed E-state index contributed by atoms with van der Waals surface area (Å²) < 4.78 is 14.0. The molecule has 41 heavy (non-hydrogen) atoms. The maximum absolute atomic E-state index is 14.6. The molecule has 0 radical (unpaired) electrons. The number of nitrogens with zero attached hydrogens (tertiary/aromatic N) is 5. The summed E-state index contributed by atoms with van der Waals surface area (Å²) in [4.78, 5) is 45.5. The molecule has 222 valence electrons. The van der Waals surface area contributed by atoms with Gasteiger partial charge >= 0.3 is 5.97 Å². The van der Waals surface area contributed by atoms with E-state index < -0.39 is 35.0 Å². The van der Waals surface area contributed by atoms with Crippen LogP contribution in [-0.4, -0.2) is 91.2 Å². The zero-order chi connectivity index (χ0) is 29.2. The van der Waals surface area contributed by atoms with Crippen molar-refractivity contribution in [2.45, 2.75) is 82.7 Å². The Balaban J connectivity index is 1.51. The third-order valence-corrected chi connectivity index (χ3v) is 9.15. The van der Waals surface area contributed by atoms with E-state index in [-0.39, 0.29) is 38.2 Å². The van der Waals surface area contributed by atoms with Gasteiger partial charge in [-0.3, -0.25) is 14.4 Å². The lowest BCUT2D eigenvalue weighted by molar-refractivity contribution is -0.162. The van der Waals surface area contributed by atoms with Crippen LogP contribution in [0.4, 0.5) is 0 Å². The Labute approximate surface area is 240 Å². The van der Waals surface area contributed by atoms with Gasteiger partial charge in [-0.25, -0.2) is 4.68 Å². The van der Waals surface area contributed by atoms with Crippen molar-refractivity contribution in [3.05, 3.63) is 36.9 Å². The summed E-state index contributed by atoms with van der Waals surface area (Å²) in [6.07, 6.45) is 6.31. The molecule has 1 N–H and O–H groups in total. The summed E-state index contributed by atoms with van der Waals surface area (Å²) in [5.74, 6) is -2.44. The van der Waals surface area contributed by atoms with Crippen molar-refractivity contribution >= 4 is 28.8 Å². The van der Waals surface area contributed by atoms with E-state index in [4.69, 9.17) is 9.47 Å². The molecule has 3 saturated heterocycles. The zero-order valence-electron chi connectivity index (χ0n) is 24.0. The number of fused-ring (bicyclic) bond motifs is 2.